The van der Waals surface area contributed by atoms with E-state index in [1.54, 1.807) is 0 Å². The zero-order valence-corrected chi connectivity index (χ0v) is 15.7. The molecule has 10 heteroatoms. The van der Waals surface area contributed by atoms with Crippen LogP contribution in [0.5, 0.6) is 0 Å². The lowest BCUT2D eigenvalue weighted by atomic mass is 9.87. The molecule has 0 radical (unpaired) electrons. The second-order valence-corrected chi connectivity index (χ2v) is 7.72. The van der Waals surface area contributed by atoms with Crippen LogP contribution in [0.25, 0.3) is 5.57 Å². The van der Waals surface area contributed by atoms with Gasteiger partial charge in [-0.05, 0) is 25.7 Å². The number of pyridine rings is 1. The van der Waals surface area contributed by atoms with Gasteiger partial charge in [0.15, 0.2) is 11.6 Å². The molecule has 29 heavy (non-hydrogen) atoms. The predicted octanol–water partition coefficient (Wildman–Crippen LogP) is 1.92. The molecule has 3 aliphatic rings. The molecule has 0 bridgehead atoms. The van der Waals surface area contributed by atoms with Crippen molar-refractivity contribution in [2.24, 2.45) is 16.5 Å². The third-order valence-electron chi connectivity index (χ3n) is 5.58. The first-order valence-electron chi connectivity index (χ1n) is 9.67. The highest BCUT2D eigenvalue weighted by atomic mass is 19.3. The monoisotopic (exact) mass is 408 g/mol. The van der Waals surface area contributed by atoms with Gasteiger partial charge < -0.3 is 22.1 Å². The molecule has 2 aliphatic carbocycles. The van der Waals surface area contributed by atoms with Gasteiger partial charge in [0, 0.05) is 42.6 Å². The number of rotatable bonds is 5. The Morgan fingerprint density at radius 1 is 1.34 bits per heavy atom. The molecule has 4 rings (SSSR count). The van der Waals surface area contributed by atoms with Gasteiger partial charge in [0.25, 0.3) is 11.8 Å². The quantitative estimate of drug-likeness (QED) is 0.555. The van der Waals surface area contributed by atoms with Crippen LogP contribution in [0.1, 0.15) is 53.7 Å². The SMILES string of the molecule is NC=C(C=NC1CC1)c1nc(N[C@@H]2CCCC(F)(F)[C@@H]2N)c(F)c2c1C(=O)NC2. The summed E-state index contributed by atoms with van der Waals surface area (Å²) in [5.74, 6) is -4.47. The summed E-state index contributed by atoms with van der Waals surface area (Å²) in [5.41, 5.74) is 12.2. The number of allylic oxidation sites excluding steroid dienone is 1. The number of hydrogen-bond donors (Lipinski definition) is 4. The van der Waals surface area contributed by atoms with Crippen LogP contribution >= 0.6 is 0 Å². The van der Waals surface area contributed by atoms with Gasteiger partial charge in [-0.1, -0.05) is 0 Å². The van der Waals surface area contributed by atoms with Crippen LogP contribution in [0.15, 0.2) is 11.2 Å². The maximum atomic E-state index is 15.1. The number of alkyl halides is 2. The van der Waals surface area contributed by atoms with Crippen LogP contribution in [0.3, 0.4) is 0 Å². The third-order valence-corrected chi connectivity index (χ3v) is 5.58. The van der Waals surface area contributed by atoms with Gasteiger partial charge >= 0.3 is 0 Å². The highest BCUT2D eigenvalue weighted by Gasteiger charge is 2.45. The first-order chi connectivity index (χ1) is 13.8. The Labute approximate surface area is 165 Å². The highest BCUT2D eigenvalue weighted by molar-refractivity contribution is 6.14. The van der Waals surface area contributed by atoms with Crippen LogP contribution in [0, 0.1) is 5.82 Å². The molecule has 7 nitrogen and oxygen atoms in total. The van der Waals surface area contributed by atoms with E-state index in [4.69, 9.17) is 11.5 Å². The fourth-order valence-electron chi connectivity index (χ4n) is 3.71. The zero-order chi connectivity index (χ0) is 20.8. The number of nitrogens with one attached hydrogen (secondary N) is 2. The van der Waals surface area contributed by atoms with Gasteiger partial charge in [0.1, 0.15) is 0 Å². The summed E-state index contributed by atoms with van der Waals surface area (Å²) in [7, 11) is 0. The second kappa shape index (κ2) is 7.33. The minimum Gasteiger partial charge on any atom is -0.404 e. The molecular formula is C19H23F3N6O. The molecule has 0 saturated heterocycles. The normalized spacial score (nSPS) is 26.5. The van der Waals surface area contributed by atoms with E-state index in [9.17, 15) is 13.6 Å². The van der Waals surface area contributed by atoms with Crippen LogP contribution in [-0.4, -0.2) is 41.2 Å². The molecule has 2 heterocycles. The zero-order valence-electron chi connectivity index (χ0n) is 15.7. The Hall–Kier alpha value is -2.62. The summed E-state index contributed by atoms with van der Waals surface area (Å²) in [4.78, 5) is 20.9. The second-order valence-electron chi connectivity index (χ2n) is 7.72. The Balaban J connectivity index is 1.72. The van der Waals surface area contributed by atoms with Gasteiger partial charge in [-0.25, -0.2) is 18.2 Å². The fourth-order valence-corrected chi connectivity index (χ4v) is 3.71. The van der Waals surface area contributed by atoms with Crippen LogP contribution in [0.4, 0.5) is 19.0 Å². The Morgan fingerprint density at radius 2 is 2.10 bits per heavy atom. The van der Waals surface area contributed by atoms with Gasteiger partial charge in [-0.3, -0.25) is 9.79 Å². The van der Waals surface area contributed by atoms with Crippen molar-refractivity contribution in [3.8, 4) is 0 Å². The maximum Gasteiger partial charge on any atom is 0.264 e. The number of anilines is 1. The molecule has 0 aromatic carbocycles. The number of aromatic nitrogens is 1. The average molecular weight is 408 g/mol. The van der Waals surface area contributed by atoms with E-state index in [0.717, 1.165) is 12.8 Å². The summed E-state index contributed by atoms with van der Waals surface area (Å²) >= 11 is 0. The van der Waals surface area contributed by atoms with E-state index in [1.807, 2.05) is 0 Å². The van der Waals surface area contributed by atoms with Crippen molar-refractivity contribution in [2.75, 3.05) is 5.32 Å². The minimum absolute atomic E-state index is 0.0191. The first kappa shape index (κ1) is 19.7. The largest absolute Gasteiger partial charge is 0.404 e. The lowest BCUT2D eigenvalue weighted by Gasteiger charge is -2.36. The number of halogens is 3. The maximum absolute atomic E-state index is 15.1. The lowest BCUT2D eigenvalue weighted by molar-refractivity contribution is -0.0555. The van der Waals surface area contributed by atoms with Gasteiger partial charge in [0.05, 0.1) is 23.3 Å². The lowest BCUT2D eigenvalue weighted by Crippen LogP contribution is -2.55. The summed E-state index contributed by atoms with van der Waals surface area (Å²) in [6.07, 6.45) is 5.06. The number of fused-ring (bicyclic) bond motifs is 1. The molecular weight excluding hydrogens is 385 g/mol. The van der Waals surface area contributed by atoms with Gasteiger partial charge in [-0.15, -0.1) is 0 Å². The molecule has 2 fully saturated rings. The van der Waals surface area contributed by atoms with Crippen LogP contribution in [0.2, 0.25) is 0 Å². The highest BCUT2D eigenvalue weighted by Crippen LogP contribution is 2.36. The van der Waals surface area contributed by atoms with Crippen LogP contribution < -0.4 is 22.1 Å². The van der Waals surface area contributed by atoms with E-state index in [0.29, 0.717) is 12.0 Å². The van der Waals surface area contributed by atoms with Gasteiger partial charge in [0.2, 0.25) is 0 Å². The van der Waals surface area contributed by atoms with E-state index in [2.05, 4.69) is 20.6 Å². The Kier molecular flexibility index (Phi) is 4.97. The standard InChI is InChI=1S/C19H23F3N6O/c20-14-11-8-26-18(29)13(11)15(9(6-23)7-25-10-3-4-10)28-17(14)27-12-2-1-5-19(21,22)16(12)24/h6-7,10,12,16H,1-5,8,23-24H2,(H,26,29)(H,27,28)/t12-,16-/m1/s1. The van der Waals surface area contributed by atoms with E-state index in [-0.39, 0.29) is 48.1 Å². The van der Waals surface area contributed by atoms with E-state index < -0.39 is 29.7 Å². The number of aliphatic imine (C=N–C) groups is 1. The molecule has 2 atom stereocenters. The van der Waals surface area contributed by atoms with E-state index >= 15 is 4.39 Å². The summed E-state index contributed by atoms with van der Waals surface area (Å²) in [5, 5.41) is 5.32. The number of nitrogens with zero attached hydrogens (tertiary/aromatic N) is 2. The number of nitrogens with two attached hydrogens (primary N) is 2. The summed E-state index contributed by atoms with van der Waals surface area (Å²) in [6.45, 7) is -0.0191. The molecule has 0 spiro atoms. The summed E-state index contributed by atoms with van der Waals surface area (Å²) in [6, 6.07) is -2.09. The van der Waals surface area contributed by atoms with Crippen molar-refractivity contribution in [3.63, 3.8) is 0 Å². The minimum atomic E-state index is -3.04. The van der Waals surface area contributed by atoms with Crippen molar-refractivity contribution in [2.45, 2.75) is 62.7 Å². The topological polar surface area (TPSA) is 118 Å². The number of hydrogen-bond acceptors (Lipinski definition) is 6. The Bertz CT molecular complexity index is 896. The Morgan fingerprint density at radius 3 is 2.79 bits per heavy atom. The molecule has 0 unspecified atom stereocenters. The number of carbonyl (C=O) groups is 1. The van der Waals surface area contributed by atoms with Crippen molar-refractivity contribution in [3.05, 3.63) is 28.8 Å². The molecule has 1 aliphatic heterocycles. The smallest absolute Gasteiger partial charge is 0.264 e. The molecule has 1 aromatic rings. The molecule has 1 amide bonds. The van der Waals surface area contributed by atoms with Gasteiger partial charge in [-0.2, -0.15) is 0 Å². The first-order valence-corrected chi connectivity index (χ1v) is 9.67. The van der Waals surface area contributed by atoms with Crippen molar-refractivity contribution in [1.29, 1.82) is 0 Å². The number of amides is 1. The third kappa shape index (κ3) is 3.68. The fraction of sp³-hybridized carbons (Fsp3) is 0.526. The molecule has 6 N–H and O–H groups in total. The molecule has 2 saturated carbocycles. The van der Waals surface area contributed by atoms with Crippen LogP contribution in [-0.2, 0) is 6.54 Å². The van der Waals surface area contributed by atoms with Crippen molar-refractivity contribution < 1.29 is 18.0 Å². The van der Waals surface area contributed by atoms with Crippen molar-refractivity contribution in [1.82, 2.24) is 10.3 Å². The molecule has 156 valence electrons. The number of carbonyl (C=O) groups excluding carboxylic acids is 1. The average Bonchev–Trinajstić information content (AvgIpc) is 3.43. The molecule has 1 aromatic heterocycles. The summed E-state index contributed by atoms with van der Waals surface area (Å²) < 4.78 is 43.0. The van der Waals surface area contributed by atoms with Crippen molar-refractivity contribution >= 4 is 23.5 Å². The van der Waals surface area contributed by atoms with E-state index in [1.165, 1.54) is 12.4 Å². The predicted molar refractivity (Wildman–Crippen MR) is 103 cm³/mol.